The van der Waals surface area contributed by atoms with Gasteiger partial charge in [-0.3, -0.25) is 4.79 Å². The topological polar surface area (TPSA) is 75.1 Å². The third kappa shape index (κ3) is 5.36. The maximum absolute atomic E-state index is 12.8. The molecule has 6 nitrogen and oxygen atoms in total. The summed E-state index contributed by atoms with van der Waals surface area (Å²) in [6, 6.07) is 15.9. The average molecular weight is 431 g/mol. The molecule has 3 rings (SSSR count). The summed E-state index contributed by atoms with van der Waals surface area (Å²) in [4.78, 5) is 14.4. The summed E-state index contributed by atoms with van der Waals surface area (Å²) in [7, 11) is 1.73. The van der Waals surface area contributed by atoms with Crippen molar-refractivity contribution in [3.63, 3.8) is 0 Å². The van der Waals surface area contributed by atoms with E-state index in [1.54, 1.807) is 18.0 Å². The smallest absolute Gasteiger partial charge is 0.264 e. The highest BCUT2D eigenvalue weighted by molar-refractivity contribution is 6.01. The summed E-state index contributed by atoms with van der Waals surface area (Å²) in [5.41, 5.74) is 5.10. The van der Waals surface area contributed by atoms with Crippen molar-refractivity contribution >= 4 is 12.0 Å². The summed E-state index contributed by atoms with van der Waals surface area (Å²) in [5, 5.41) is 13.7. The molecule has 0 aliphatic rings. The molecule has 2 heterocycles. The van der Waals surface area contributed by atoms with E-state index >= 15 is 0 Å². The number of hydrogen-bond acceptors (Lipinski definition) is 4. The molecule has 0 saturated carbocycles. The van der Waals surface area contributed by atoms with E-state index in [1.165, 1.54) is 0 Å². The summed E-state index contributed by atoms with van der Waals surface area (Å²) in [5.74, 6) is 0.513. The molecule has 0 aliphatic heterocycles. The van der Waals surface area contributed by atoms with E-state index < -0.39 is 0 Å². The maximum Gasteiger partial charge on any atom is 0.264 e. The highest BCUT2D eigenvalue weighted by Crippen LogP contribution is 2.21. The highest BCUT2D eigenvalue weighted by Gasteiger charge is 2.17. The lowest BCUT2D eigenvalue weighted by Crippen LogP contribution is -2.29. The van der Waals surface area contributed by atoms with Gasteiger partial charge in [-0.2, -0.15) is 5.26 Å². The van der Waals surface area contributed by atoms with Crippen LogP contribution in [0.1, 0.15) is 42.5 Å². The summed E-state index contributed by atoms with van der Waals surface area (Å²) < 4.78 is 7.65. The van der Waals surface area contributed by atoms with Crippen LogP contribution in [0, 0.1) is 25.2 Å². The molecule has 0 spiro atoms. The largest absolute Gasteiger partial charge is 0.361 e. The third-order valence-corrected chi connectivity index (χ3v) is 5.60. The fourth-order valence-electron chi connectivity index (χ4n) is 3.81. The van der Waals surface area contributed by atoms with E-state index in [9.17, 15) is 10.1 Å². The van der Waals surface area contributed by atoms with E-state index in [2.05, 4.69) is 22.7 Å². The van der Waals surface area contributed by atoms with Crippen LogP contribution in [0.25, 0.3) is 17.3 Å². The van der Waals surface area contributed by atoms with Crippen LogP contribution >= 0.6 is 0 Å². The zero-order chi connectivity index (χ0) is 23.1. The van der Waals surface area contributed by atoms with Gasteiger partial charge >= 0.3 is 0 Å². The highest BCUT2D eigenvalue weighted by atomic mass is 16.5. The second-order valence-electron chi connectivity index (χ2n) is 8.02. The fraction of sp³-hybridized carbons (Fsp3) is 0.346. The number of aryl methyl sites for hydroxylation is 2. The number of nitrogens with zero attached hydrogens (tertiary/aromatic N) is 4. The SMILES string of the molecule is CCCn1c(C)cc(/C=C(/C#N)C(=O)N(C)CCCc2cc(-c3ccccc3)no2)c1C. The van der Waals surface area contributed by atoms with Crippen LogP contribution in [-0.4, -0.2) is 34.1 Å². The summed E-state index contributed by atoms with van der Waals surface area (Å²) >= 11 is 0. The van der Waals surface area contributed by atoms with Crippen molar-refractivity contribution < 1.29 is 9.32 Å². The Hall–Kier alpha value is -3.59. The minimum atomic E-state index is -0.268. The van der Waals surface area contributed by atoms with Gasteiger partial charge in [0.15, 0.2) is 0 Å². The first kappa shape index (κ1) is 23.1. The van der Waals surface area contributed by atoms with Crippen molar-refractivity contribution in [3.8, 4) is 17.3 Å². The van der Waals surface area contributed by atoms with E-state index in [-0.39, 0.29) is 11.5 Å². The fourth-order valence-corrected chi connectivity index (χ4v) is 3.81. The van der Waals surface area contributed by atoms with Crippen LogP contribution in [0.4, 0.5) is 0 Å². The molecule has 1 aromatic carbocycles. The molecule has 1 amide bonds. The monoisotopic (exact) mass is 430 g/mol. The van der Waals surface area contributed by atoms with Gasteiger partial charge < -0.3 is 14.0 Å². The molecule has 0 fully saturated rings. The van der Waals surface area contributed by atoms with Crippen molar-refractivity contribution in [2.45, 2.75) is 46.6 Å². The molecule has 32 heavy (non-hydrogen) atoms. The first-order valence-electron chi connectivity index (χ1n) is 11.0. The maximum atomic E-state index is 12.8. The lowest BCUT2D eigenvalue weighted by atomic mass is 10.1. The first-order valence-corrected chi connectivity index (χ1v) is 11.0. The summed E-state index contributed by atoms with van der Waals surface area (Å²) in [6.07, 6.45) is 4.12. The van der Waals surface area contributed by atoms with Crippen molar-refractivity contribution in [1.82, 2.24) is 14.6 Å². The molecular weight excluding hydrogens is 400 g/mol. The number of rotatable bonds is 9. The number of carbonyl (C=O) groups is 1. The zero-order valence-electron chi connectivity index (χ0n) is 19.3. The first-order chi connectivity index (χ1) is 15.4. The zero-order valence-corrected chi connectivity index (χ0v) is 19.3. The van der Waals surface area contributed by atoms with Crippen molar-refractivity contribution in [1.29, 1.82) is 5.26 Å². The second-order valence-corrected chi connectivity index (χ2v) is 8.02. The molecule has 0 N–H and O–H groups in total. The van der Waals surface area contributed by atoms with Gasteiger partial charge in [-0.05, 0) is 44.4 Å². The van der Waals surface area contributed by atoms with Crippen molar-refractivity contribution in [3.05, 3.63) is 70.7 Å². The number of carbonyl (C=O) groups excluding carboxylic acids is 1. The van der Waals surface area contributed by atoms with E-state index in [1.807, 2.05) is 56.3 Å². The normalized spacial score (nSPS) is 11.4. The molecule has 0 radical (unpaired) electrons. The van der Waals surface area contributed by atoms with Gasteiger partial charge in [0.1, 0.15) is 23.1 Å². The Kier molecular flexibility index (Phi) is 7.67. The quantitative estimate of drug-likeness (QED) is 0.347. The van der Waals surface area contributed by atoms with E-state index in [0.717, 1.165) is 53.4 Å². The number of nitriles is 1. The van der Waals surface area contributed by atoms with Crippen LogP contribution < -0.4 is 0 Å². The molecule has 0 unspecified atom stereocenters. The molecule has 0 aliphatic carbocycles. The van der Waals surface area contributed by atoms with Gasteiger partial charge in [-0.15, -0.1) is 0 Å². The standard InChI is InChI=1S/C26H30N4O2/c1-5-13-30-19(2)15-22(20(30)3)16-23(18-27)26(31)29(4)14-9-12-24-17-25(28-32-24)21-10-7-6-8-11-21/h6-8,10-11,15-17H,5,9,12-14H2,1-4H3/b23-16-. The van der Waals surface area contributed by atoms with Gasteiger partial charge in [0.05, 0.1) is 0 Å². The van der Waals surface area contributed by atoms with Gasteiger partial charge in [0.2, 0.25) is 0 Å². The molecule has 3 aromatic rings. The van der Waals surface area contributed by atoms with Crippen LogP contribution in [0.2, 0.25) is 0 Å². The molecule has 0 bridgehead atoms. The lowest BCUT2D eigenvalue weighted by molar-refractivity contribution is -0.125. The average Bonchev–Trinajstić information content (AvgIpc) is 3.38. The van der Waals surface area contributed by atoms with Gasteiger partial charge in [-0.25, -0.2) is 0 Å². The lowest BCUT2D eigenvalue weighted by Gasteiger charge is -2.16. The van der Waals surface area contributed by atoms with Gasteiger partial charge in [0, 0.05) is 49.6 Å². The minimum absolute atomic E-state index is 0.148. The third-order valence-electron chi connectivity index (χ3n) is 5.60. The number of amides is 1. The Morgan fingerprint density at radius 3 is 2.69 bits per heavy atom. The molecule has 6 heteroatoms. The van der Waals surface area contributed by atoms with Crippen molar-refractivity contribution in [2.75, 3.05) is 13.6 Å². The number of hydrogen-bond donors (Lipinski definition) is 0. The molecule has 0 saturated heterocycles. The Balaban J connectivity index is 1.60. The van der Waals surface area contributed by atoms with Crippen LogP contribution in [-0.2, 0) is 17.8 Å². The van der Waals surface area contributed by atoms with Crippen LogP contribution in [0.15, 0.2) is 52.6 Å². The summed E-state index contributed by atoms with van der Waals surface area (Å²) in [6.45, 7) is 7.66. The molecule has 0 atom stereocenters. The van der Waals surface area contributed by atoms with Crippen LogP contribution in [0.5, 0.6) is 0 Å². The number of benzene rings is 1. The number of likely N-dealkylation sites (N-methyl/N-ethyl adjacent to an activating group) is 1. The van der Waals surface area contributed by atoms with E-state index in [0.29, 0.717) is 13.0 Å². The van der Waals surface area contributed by atoms with Crippen LogP contribution in [0.3, 0.4) is 0 Å². The predicted molar refractivity (Wildman–Crippen MR) is 126 cm³/mol. The van der Waals surface area contributed by atoms with E-state index in [4.69, 9.17) is 4.52 Å². The second kappa shape index (κ2) is 10.6. The molecule has 166 valence electrons. The Morgan fingerprint density at radius 2 is 2.00 bits per heavy atom. The Labute approximate surface area is 189 Å². The number of aromatic nitrogens is 2. The molecular formula is C26H30N4O2. The van der Waals surface area contributed by atoms with Crippen molar-refractivity contribution in [2.24, 2.45) is 0 Å². The Bertz CT molecular complexity index is 1130. The van der Waals surface area contributed by atoms with Gasteiger partial charge in [-0.1, -0.05) is 42.4 Å². The van der Waals surface area contributed by atoms with Gasteiger partial charge in [0.25, 0.3) is 5.91 Å². The minimum Gasteiger partial charge on any atom is -0.361 e. The Morgan fingerprint density at radius 1 is 1.25 bits per heavy atom. The molecule has 2 aromatic heterocycles. The predicted octanol–water partition coefficient (Wildman–Crippen LogP) is 5.17.